The smallest absolute Gasteiger partial charge is 0.175 e. The van der Waals surface area contributed by atoms with Crippen molar-refractivity contribution in [3.8, 4) is 0 Å². The Morgan fingerprint density at radius 1 is 1.07 bits per heavy atom. The van der Waals surface area contributed by atoms with E-state index in [2.05, 4.69) is 42.6 Å². The van der Waals surface area contributed by atoms with Crippen molar-refractivity contribution in [2.45, 2.75) is 51.2 Å². The number of hydrogen-bond acceptors (Lipinski definition) is 7. The fourth-order valence-corrected chi connectivity index (χ4v) is 4.61. The van der Waals surface area contributed by atoms with Crippen LogP contribution >= 0.6 is 0 Å². The molecule has 1 saturated heterocycles. The first-order chi connectivity index (χ1) is 14.8. The highest BCUT2D eigenvalue weighted by Crippen LogP contribution is 2.30. The molecule has 0 radical (unpaired) electrons. The molecule has 1 aliphatic heterocycles. The molecule has 5 rings (SSSR count). The van der Waals surface area contributed by atoms with Crippen LogP contribution in [0, 0.1) is 6.92 Å². The van der Waals surface area contributed by atoms with Gasteiger partial charge in [0.1, 0.15) is 17.5 Å². The van der Waals surface area contributed by atoms with Gasteiger partial charge < -0.3 is 4.52 Å². The van der Waals surface area contributed by atoms with Gasteiger partial charge in [0.05, 0.1) is 6.54 Å². The molecular formula is C22H29N7O. The maximum atomic E-state index is 5.44. The summed E-state index contributed by atoms with van der Waals surface area (Å²) in [5.74, 6) is 1.63. The van der Waals surface area contributed by atoms with E-state index >= 15 is 0 Å². The van der Waals surface area contributed by atoms with Gasteiger partial charge in [-0.2, -0.15) is 0 Å². The Morgan fingerprint density at radius 3 is 2.67 bits per heavy atom. The molecule has 2 fully saturated rings. The molecule has 2 aliphatic rings. The van der Waals surface area contributed by atoms with Crippen LogP contribution in [0.4, 0.5) is 0 Å². The van der Waals surface area contributed by atoms with Crippen LogP contribution < -0.4 is 0 Å². The molecule has 1 aromatic carbocycles. The highest BCUT2D eigenvalue weighted by atomic mass is 16.5. The molecule has 3 aromatic rings. The Hall–Kier alpha value is -2.58. The fraction of sp³-hybridized carbons (Fsp3) is 0.545. The summed E-state index contributed by atoms with van der Waals surface area (Å²) >= 11 is 0. The number of aryl methyl sites for hydroxylation is 1. The number of hydrogen-bond donors (Lipinski definition) is 0. The first-order valence-corrected chi connectivity index (χ1v) is 11.0. The summed E-state index contributed by atoms with van der Waals surface area (Å²) in [5, 5.41) is 17.2. The molecule has 0 spiro atoms. The maximum absolute atomic E-state index is 5.44. The number of tetrazole rings is 1. The fourth-order valence-electron chi connectivity index (χ4n) is 4.61. The van der Waals surface area contributed by atoms with Gasteiger partial charge >= 0.3 is 0 Å². The van der Waals surface area contributed by atoms with Crippen LogP contribution in [-0.2, 0) is 6.54 Å². The van der Waals surface area contributed by atoms with Gasteiger partial charge in [0.2, 0.25) is 0 Å². The third kappa shape index (κ3) is 4.02. The Bertz CT molecular complexity index is 949. The molecule has 0 amide bonds. The predicted molar refractivity (Wildman–Crippen MR) is 112 cm³/mol. The lowest BCUT2D eigenvalue weighted by Crippen LogP contribution is -2.42. The van der Waals surface area contributed by atoms with Gasteiger partial charge in [0.15, 0.2) is 5.82 Å². The molecule has 1 unspecified atom stereocenters. The predicted octanol–water partition coefficient (Wildman–Crippen LogP) is 2.67. The van der Waals surface area contributed by atoms with Crippen LogP contribution in [0.2, 0.25) is 0 Å². The Labute approximate surface area is 176 Å². The van der Waals surface area contributed by atoms with Crippen molar-refractivity contribution in [2.75, 3.05) is 26.2 Å². The maximum Gasteiger partial charge on any atom is 0.175 e. The lowest BCUT2D eigenvalue weighted by atomic mass is 9.91. The Balaban J connectivity index is 1.43. The van der Waals surface area contributed by atoms with E-state index in [0.717, 1.165) is 49.4 Å². The number of benzene rings is 1. The molecule has 1 aliphatic carbocycles. The topological polar surface area (TPSA) is 76.1 Å². The number of rotatable bonds is 6. The first kappa shape index (κ1) is 19.4. The summed E-state index contributed by atoms with van der Waals surface area (Å²) in [4.78, 5) is 5.14. The van der Waals surface area contributed by atoms with Gasteiger partial charge in [-0.3, -0.25) is 9.80 Å². The van der Waals surface area contributed by atoms with Crippen LogP contribution in [-0.4, -0.2) is 67.4 Å². The molecule has 8 heteroatoms. The average molecular weight is 408 g/mol. The zero-order chi connectivity index (χ0) is 20.3. The van der Waals surface area contributed by atoms with Gasteiger partial charge in [-0.1, -0.05) is 41.9 Å². The monoisotopic (exact) mass is 407 g/mol. The van der Waals surface area contributed by atoms with Crippen molar-refractivity contribution in [3.63, 3.8) is 0 Å². The second kappa shape index (κ2) is 8.65. The summed E-state index contributed by atoms with van der Waals surface area (Å²) < 4.78 is 7.35. The normalized spacial score (nSPS) is 20.0. The molecule has 1 atom stereocenters. The second-order valence-corrected chi connectivity index (χ2v) is 8.46. The number of aromatic nitrogens is 5. The van der Waals surface area contributed by atoms with Crippen LogP contribution in [0.3, 0.4) is 0 Å². The zero-order valence-electron chi connectivity index (χ0n) is 17.5. The van der Waals surface area contributed by atoms with E-state index in [1.807, 2.05) is 35.9 Å². The van der Waals surface area contributed by atoms with Gasteiger partial charge in [0, 0.05) is 31.7 Å². The molecule has 2 aromatic heterocycles. The minimum Gasteiger partial charge on any atom is -0.361 e. The van der Waals surface area contributed by atoms with E-state index < -0.39 is 0 Å². The van der Waals surface area contributed by atoms with Crippen molar-refractivity contribution >= 4 is 0 Å². The highest BCUT2D eigenvalue weighted by molar-refractivity contribution is 5.20. The molecule has 3 heterocycles. The van der Waals surface area contributed by atoms with Gasteiger partial charge in [-0.15, -0.1) is 5.10 Å². The first-order valence-electron chi connectivity index (χ1n) is 11.0. The van der Waals surface area contributed by atoms with Crippen molar-refractivity contribution in [2.24, 2.45) is 0 Å². The van der Waals surface area contributed by atoms with E-state index in [-0.39, 0.29) is 6.04 Å². The SMILES string of the molecule is Cc1cc(C(c2nnnn2Cc2ccccc2)N2CCCN(C3CCC3)CC2)no1. The molecule has 30 heavy (non-hydrogen) atoms. The van der Waals surface area contributed by atoms with Crippen LogP contribution in [0.5, 0.6) is 0 Å². The van der Waals surface area contributed by atoms with Crippen LogP contribution in [0.15, 0.2) is 40.9 Å². The molecular weight excluding hydrogens is 378 g/mol. The minimum absolute atomic E-state index is 0.109. The van der Waals surface area contributed by atoms with E-state index in [0.29, 0.717) is 6.54 Å². The third-order valence-corrected chi connectivity index (χ3v) is 6.43. The summed E-state index contributed by atoms with van der Waals surface area (Å²) in [6.45, 7) is 6.79. The minimum atomic E-state index is -0.109. The van der Waals surface area contributed by atoms with Gasteiger partial charge in [0.25, 0.3) is 0 Å². The van der Waals surface area contributed by atoms with E-state index in [4.69, 9.17) is 4.52 Å². The molecule has 0 N–H and O–H groups in total. The molecule has 8 nitrogen and oxygen atoms in total. The molecule has 0 bridgehead atoms. The molecule has 158 valence electrons. The standard InChI is InChI=1S/C22H29N7O/c1-17-15-20(24-30-17)21(28-12-6-11-27(13-14-28)19-9-5-10-19)22-23-25-26-29(22)16-18-7-3-2-4-8-18/h2-4,7-8,15,19,21H,5-6,9-14,16H2,1H3. The zero-order valence-corrected chi connectivity index (χ0v) is 17.5. The third-order valence-electron chi connectivity index (χ3n) is 6.43. The highest BCUT2D eigenvalue weighted by Gasteiger charge is 2.33. The largest absolute Gasteiger partial charge is 0.361 e. The number of nitrogens with zero attached hydrogens (tertiary/aromatic N) is 7. The Morgan fingerprint density at radius 2 is 1.93 bits per heavy atom. The summed E-state index contributed by atoms with van der Waals surface area (Å²) in [6, 6.07) is 13.0. The summed E-state index contributed by atoms with van der Waals surface area (Å²) in [7, 11) is 0. The average Bonchev–Trinajstić information content (AvgIpc) is 3.27. The quantitative estimate of drug-likeness (QED) is 0.622. The summed E-state index contributed by atoms with van der Waals surface area (Å²) in [5.41, 5.74) is 2.06. The molecule has 1 saturated carbocycles. The summed E-state index contributed by atoms with van der Waals surface area (Å²) in [6.07, 6.45) is 5.21. The van der Waals surface area contributed by atoms with Crippen molar-refractivity contribution in [1.82, 2.24) is 35.2 Å². The van der Waals surface area contributed by atoms with Gasteiger partial charge in [-0.25, -0.2) is 4.68 Å². The van der Waals surface area contributed by atoms with Crippen LogP contribution in [0.1, 0.15) is 54.6 Å². The lowest BCUT2D eigenvalue weighted by molar-refractivity contribution is 0.127. The van der Waals surface area contributed by atoms with Crippen molar-refractivity contribution in [3.05, 3.63) is 59.2 Å². The lowest BCUT2D eigenvalue weighted by Gasteiger charge is -2.37. The van der Waals surface area contributed by atoms with Crippen molar-refractivity contribution < 1.29 is 4.52 Å². The van der Waals surface area contributed by atoms with Crippen molar-refractivity contribution in [1.29, 1.82) is 0 Å². The van der Waals surface area contributed by atoms with E-state index in [1.54, 1.807) is 0 Å². The van der Waals surface area contributed by atoms with Crippen LogP contribution in [0.25, 0.3) is 0 Å². The van der Waals surface area contributed by atoms with E-state index in [9.17, 15) is 0 Å². The van der Waals surface area contributed by atoms with E-state index in [1.165, 1.54) is 31.4 Å². The second-order valence-electron chi connectivity index (χ2n) is 8.46. The van der Waals surface area contributed by atoms with Gasteiger partial charge in [-0.05, 0) is 48.7 Å². The Kier molecular flexibility index (Phi) is 5.59.